The molecule has 1 aliphatic rings. The van der Waals surface area contributed by atoms with Crippen LogP contribution in [-0.2, 0) is 9.47 Å². The van der Waals surface area contributed by atoms with Crippen molar-refractivity contribution in [3.63, 3.8) is 0 Å². The lowest BCUT2D eigenvalue weighted by molar-refractivity contribution is 0.0495. The highest BCUT2D eigenvalue weighted by Crippen LogP contribution is 2.13. The number of ether oxygens (including phenoxy) is 2. The first-order valence-electron chi connectivity index (χ1n) is 4.89. The monoisotopic (exact) mass is 212 g/mol. The number of nitrogens with zero attached hydrogens (tertiary/aromatic N) is 1. The molecule has 0 bridgehead atoms. The first kappa shape index (κ1) is 11.8. The molecule has 0 spiro atoms. The minimum Gasteiger partial charge on any atom is -0.444 e. The van der Waals surface area contributed by atoms with Crippen LogP contribution in [0.2, 0.25) is 0 Å². The minimum absolute atomic E-state index is 0.259. The Bertz CT molecular complexity index is 277. The molecule has 0 aromatic rings. The smallest absolute Gasteiger partial charge is 0.407 e. The van der Waals surface area contributed by atoms with Gasteiger partial charge >= 0.3 is 6.09 Å². The fraction of sp³-hybridized carbons (Fsp3) is 0.800. The highest BCUT2D eigenvalue weighted by molar-refractivity contribution is 5.68. The van der Waals surface area contributed by atoms with E-state index in [1.54, 1.807) is 20.8 Å². The van der Waals surface area contributed by atoms with Crippen molar-refractivity contribution < 1.29 is 14.3 Å². The standard InChI is InChI=1S/C10H16N2O3/c1-10(2,3)15-9(13)12-8-6-14-5-7(8)4-11/h7-8H,5-6H2,1-3H3,(H,12,13)/t7-,8+/m0/s1. The average molecular weight is 212 g/mol. The van der Waals surface area contributed by atoms with E-state index in [0.717, 1.165) is 0 Å². The summed E-state index contributed by atoms with van der Waals surface area (Å²) in [5.41, 5.74) is -0.522. The zero-order chi connectivity index (χ0) is 11.5. The number of hydrogen-bond donors (Lipinski definition) is 1. The molecule has 1 N–H and O–H groups in total. The lowest BCUT2D eigenvalue weighted by Gasteiger charge is -2.22. The van der Waals surface area contributed by atoms with Crippen molar-refractivity contribution in [1.82, 2.24) is 5.32 Å². The number of nitriles is 1. The van der Waals surface area contributed by atoms with E-state index in [2.05, 4.69) is 11.4 Å². The molecule has 0 radical (unpaired) electrons. The van der Waals surface area contributed by atoms with Crippen LogP contribution in [0.3, 0.4) is 0 Å². The number of amides is 1. The van der Waals surface area contributed by atoms with Gasteiger partial charge in [0.1, 0.15) is 5.60 Å². The maximum Gasteiger partial charge on any atom is 0.407 e. The van der Waals surface area contributed by atoms with E-state index in [1.807, 2.05) is 0 Å². The number of rotatable bonds is 1. The molecule has 1 saturated heterocycles. The third-order valence-electron chi connectivity index (χ3n) is 1.95. The summed E-state index contributed by atoms with van der Waals surface area (Å²) in [6.07, 6.45) is -0.502. The molecule has 0 unspecified atom stereocenters. The Hall–Kier alpha value is -1.28. The molecule has 1 rings (SSSR count). The number of carbonyl (C=O) groups excluding carboxylic acids is 1. The molecule has 0 aromatic carbocycles. The van der Waals surface area contributed by atoms with E-state index in [0.29, 0.717) is 13.2 Å². The average Bonchev–Trinajstić information content (AvgIpc) is 2.48. The normalized spacial score (nSPS) is 25.7. The summed E-state index contributed by atoms with van der Waals surface area (Å²) in [6, 6.07) is 1.83. The second-order valence-electron chi connectivity index (χ2n) is 4.53. The fourth-order valence-corrected chi connectivity index (χ4v) is 1.28. The van der Waals surface area contributed by atoms with E-state index in [1.165, 1.54) is 0 Å². The van der Waals surface area contributed by atoms with Crippen molar-refractivity contribution in [1.29, 1.82) is 5.26 Å². The van der Waals surface area contributed by atoms with Crippen molar-refractivity contribution in [3.05, 3.63) is 0 Å². The Balaban J connectivity index is 2.42. The topological polar surface area (TPSA) is 71.3 Å². The number of carbonyl (C=O) groups is 1. The molecule has 1 heterocycles. The van der Waals surface area contributed by atoms with Gasteiger partial charge in [-0.2, -0.15) is 5.26 Å². The second-order valence-corrected chi connectivity index (χ2v) is 4.53. The molecule has 1 aliphatic heterocycles. The highest BCUT2D eigenvalue weighted by Gasteiger charge is 2.30. The van der Waals surface area contributed by atoms with Crippen LogP contribution in [0, 0.1) is 17.2 Å². The second kappa shape index (κ2) is 4.49. The van der Waals surface area contributed by atoms with Gasteiger partial charge in [0.2, 0.25) is 0 Å². The number of hydrogen-bond acceptors (Lipinski definition) is 4. The molecular formula is C10H16N2O3. The molecule has 5 nitrogen and oxygen atoms in total. The largest absolute Gasteiger partial charge is 0.444 e. The van der Waals surface area contributed by atoms with Crippen molar-refractivity contribution in [2.45, 2.75) is 32.4 Å². The number of nitrogens with one attached hydrogen (secondary N) is 1. The molecule has 0 saturated carbocycles. The van der Waals surface area contributed by atoms with Crippen molar-refractivity contribution in [2.24, 2.45) is 5.92 Å². The summed E-state index contributed by atoms with van der Waals surface area (Å²) < 4.78 is 10.2. The zero-order valence-corrected chi connectivity index (χ0v) is 9.24. The molecular weight excluding hydrogens is 196 g/mol. The van der Waals surface area contributed by atoms with Crippen LogP contribution < -0.4 is 5.32 Å². The molecule has 15 heavy (non-hydrogen) atoms. The minimum atomic E-state index is -0.522. The molecule has 84 valence electrons. The predicted octanol–water partition coefficient (Wildman–Crippen LogP) is 1.05. The van der Waals surface area contributed by atoms with Crippen LogP contribution in [0.4, 0.5) is 4.79 Å². The summed E-state index contributed by atoms with van der Waals surface area (Å²) >= 11 is 0. The van der Waals surface area contributed by atoms with E-state index < -0.39 is 11.7 Å². The van der Waals surface area contributed by atoms with Crippen LogP contribution in [-0.4, -0.2) is 30.9 Å². The van der Waals surface area contributed by atoms with Crippen LogP contribution >= 0.6 is 0 Å². The van der Waals surface area contributed by atoms with Gasteiger partial charge in [0.05, 0.1) is 31.2 Å². The maximum absolute atomic E-state index is 11.4. The Morgan fingerprint density at radius 3 is 2.73 bits per heavy atom. The van der Waals surface area contributed by atoms with E-state index >= 15 is 0 Å². The van der Waals surface area contributed by atoms with Gasteiger partial charge in [0.15, 0.2) is 0 Å². The molecule has 0 aliphatic carbocycles. The quantitative estimate of drug-likeness (QED) is 0.705. The third-order valence-corrected chi connectivity index (χ3v) is 1.95. The zero-order valence-electron chi connectivity index (χ0n) is 9.24. The van der Waals surface area contributed by atoms with E-state index in [9.17, 15) is 4.79 Å². The van der Waals surface area contributed by atoms with Gasteiger partial charge in [-0.1, -0.05) is 0 Å². The summed E-state index contributed by atoms with van der Waals surface area (Å²) in [5.74, 6) is -0.280. The highest BCUT2D eigenvalue weighted by atomic mass is 16.6. The first-order valence-corrected chi connectivity index (χ1v) is 4.89. The van der Waals surface area contributed by atoms with E-state index in [-0.39, 0.29) is 12.0 Å². The van der Waals surface area contributed by atoms with E-state index in [4.69, 9.17) is 14.7 Å². The van der Waals surface area contributed by atoms with Crippen LogP contribution in [0.25, 0.3) is 0 Å². The van der Waals surface area contributed by atoms with Crippen LogP contribution in [0.5, 0.6) is 0 Å². The molecule has 1 fully saturated rings. The Labute approximate surface area is 89.3 Å². The SMILES string of the molecule is CC(C)(C)OC(=O)N[C@@H]1COC[C@@H]1C#N. The molecule has 5 heteroatoms. The Kier molecular flexibility index (Phi) is 3.53. The lowest BCUT2D eigenvalue weighted by atomic mass is 10.1. The third kappa shape index (κ3) is 3.76. The molecule has 2 atom stereocenters. The predicted molar refractivity (Wildman–Crippen MR) is 53.1 cm³/mol. The summed E-state index contributed by atoms with van der Waals surface area (Å²) in [7, 11) is 0. The first-order chi connectivity index (χ1) is 6.92. The van der Waals surface area contributed by atoms with Crippen molar-refractivity contribution in [3.8, 4) is 6.07 Å². The Morgan fingerprint density at radius 2 is 2.20 bits per heavy atom. The summed E-state index contributed by atoms with van der Waals surface area (Å²) in [5, 5.41) is 11.4. The molecule has 1 amide bonds. The maximum atomic E-state index is 11.4. The van der Waals surface area contributed by atoms with Gasteiger partial charge < -0.3 is 14.8 Å². The van der Waals surface area contributed by atoms with Crippen molar-refractivity contribution >= 4 is 6.09 Å². The van der Waals surface area contributed by atoms with Gasteiger partial charge in [-0.25, -0.2) is 4.79 Å². The van der Waals surface area contributed by atoms with Crippen LogP contribution in [0.1, 0.15) is 20.8 Å². The lowest BCUT2D eigenvalue weighted by Crippen LogP contribution is -2.42. The van der Waals surface area contributed by atoms with Gasteiger partial charge in [-0.05, 0) is 20.8 Å². The van der Waals surface area contributed by atoms with Gasteiger partial charge in [-0.15, -0.1) is 0 Å². The Morgan fingerprint density at radius 1 is 1.53 bits per heavy atom. The molecule has 0 aromatic heterocycles. The van der Waals surface area contributed by atoms with Gasteiger partial charge in [0.25, 0.3) is 0 Å². The summed E-state index contributed by atoms with van der Waals surface area (Å²) in [4.78, 5) is 11.4. The summed E-state index contributed by atoms with van der Waals surface area (Å²) in [6.45, 7) is 6.12. The number of alkyl carbamates (subject to hydrolysis) is 1. The van der Waals surface area contributed by atoms with Crippen LogP contribution in [0.15, 0.2) is 0 Å². The van der Waals surface area contributed by atoms with Gasteiger partial charge in [0, 0.05) is 0 Å². The van der Waals surface area contributed by atoms with Crippen molar-refractivity contribution in [2.75, 3.05) is 13.2 Å². The fourth-order valence-electron chi connectivity index (χ4n) is 1.28. The van der Waals surface area contributed by atoms with Gasteiger partial charge in [-0.3, -0.25) is 0 Å².